The van der Waals surface area contributed by atoms with Crippen LogP contribution in [-0.4, -0.2) is 21.7 Å². The number of nitrogens with zero attached hydrogens (tertiary/aromatic N) is 2. The maximum absolute atomic E-state index is 12.1. The summed E-state index contributed by atoms with van der Waals surface area (Å²) in [6, 6.07) is 14.9. The molecule has 0 spiro atoms. The zero-order chi connectivity index (χ0) is 15.4. The summed E-state index contributed by atoms with van der Waals surface area (Å²) in [6.45, 7) is 2.00. The standard InChI is InChI=1S/C17H14N2O2S/c1-12-4-6-13(7-5-12)15(20)11-22-17-9-8-14(18-19-17)16-3-2-10-21-16/h2-10H,11H2,1H3. The summed E-state index contributed by atoms with van der Waals surface area (Å²) >= 11 is 1.38. The molecule has 0 fully saturated rings. The molecule has 4 nitrogen and oxygen atoms in total. The van der Waals surface area contributed by atoms with Gasteiger partial charge in [0.05, 0.1) is 12.0 Å². The van der Waals surface area contributed by atoms with Gasteiger partial charge >= 0.3 is 0 Å². The van der Waals surface area contributed by atoms with Crippen LogP contribution in [0.2, 0.25) is 0 Å². The first kappa shape index (κ1) is 14.5. The molecular formula is C17H14N2O2S. The third kappa shape index (κ3) is 3.43. The van der Waals surface area contributed by atoms with E-state index >= 15 is 0 Å². The van der Waals surface area contributed by atoms with Gasteiger partial charge in [0.25, 0.3) is 0 Å². The van der Waals surface area contributed by atoms with Crippen molar-refractivity contribution in [3.63, 3.8) is 0 Å². The van der Waals surface area contributed by atoms with Crippen molar-refractivity contribution in [3.05, 3.63) is 65.9 Å². The van der Waals surface area contributed by atoms with E-state index in [1.807, 2.05) is 49.4 Å². The number of carbonyl (C=O) groups excluding carboxylic acids is 1. The second-order valence-electron chi connectivity index (χ2n) is 4.81. The van der Waals surface area contributed by atoms with Crippen LogP contribution in [0.1, 0.15) is 15.9 Å². The van der Waals surface area contributed by atoms with Gasteiger partial charge in [-0.25, -0.2) is 0 Å². The number of hydrogen-bond donors (Lipinski definition) is 0. The van der Waals surface area contributed by atoms with Crippen molar-refractivity contribution in [3.8, 4) is 11.5 Å². The summed E-state index contributed by atoms with van der Waals surface area (Å²) in [7, 11) is 0. The Balaban J connectivity index is 1.61. The number of furan rings is 1. The number of aromatic nitrogens is 2. The molecule has 0 aliphatic carbocycles. The SMILES string of the molecule is Cc1ccc(C(=O)CSc2ccc(-c3ccco3)nn2)cc1. The zero-order valence-corrected chi connectivity index (χ0v) is 12.8. The molecule has 0 saturated carbocycles. The number of ketones is 1. The number of rotatable bonds is 5. The average molecular weight is 310 g/mol. The van der Waals surface area contributed by atoms with Gasteiger partial charge < -0.3 is 4.42 Å². The van der Waals surface area contributed by atoms with Crippen molar-refractivity contribution in [2.75, 3.05) is 5.75 Å². The molecule has 0 amide bonds. The highest BCUT2D eigenvalue weighted by Crippen LogP contribution is 2.20. The van der Waals surface area contributed by atoms with Gasteiger partial charge in [-0.05, 0) is 31.2 Å². The minimum Gasteiger partial charge on any atom is -0.463 e. The van der Waals surface area contributed by atoms with Crippen molar-refractivity contribution in [1.29, 1.82) is 0 Å². The van der Waals surface area contributed by atoms with Gasteiger partial charge in [-0.3, -0.25) is 4.79 Å². The lowest BCUT2D eigenvalue weighted by molar-refractivity contribution is 0.102. The number of aryl methyl sites for hydroxylation is 1. The topological polar surface area (TPSA) is 56.0 Å². The van der Waals surface area contributed by atoms with Gasteiger partial charge in [0.1, 0.15) is 10.7 Å². The summed E-state index contributed by atoms with van der Waals surface area (Å²) in [5.74, 6) is 1.11. The Kier molecular flexibility index (Phi) is 4.34. The van der Waals surface area contributed by atoms with Crippen LogP contribution in [-0.2, 0) is 0 Å². The maximum Gasteiger partial charge on any atom is 0.173 e. The van der Waals surface area contributed by atoms with Gasteiger partial charge in [0.15, 0.2) is 11.5 Å². The molecule has 2 aromatic heterocycles. The molecule has 3 aromatic rings. The average Bonchev–Trinajstić information content (AvgIpc) is 3.08. The minimum absolute atomic E-state index is 0.0851. The van der Waals surface area contributed by atoms with Crippen LogP contribution in [0.5, 0.6) is 0 Å². The van der Waals surface area contributed by atoms with E-state index in [0.29, 0.717) is 17.2 Å². The number of hydrogen-bond acceptors (Lipinski definition) is 5. The highest BCUT2D eigenvalue weighted by molar-refractivity contribution is 7.99. The van der Waals surface area contributed by atoms with E-state index in [0.717, 1.165) is 16.2 Å². The number of thioether (sulfide) groups is 1. The monoisotopic (exact) mass is 310 g/mol. The number of carbonyl (C=O) groups is 1. The van der Waals surface area contributed by atoms with Crippen LogP contribution in [0.4, 0.5) is 0 Å². The lowest BCUT2D eigenvalue weighted by Gasteiger charge is -2.02. The second kappa shape index (κ2) is 6.58. The minimum atomic E-state index is 0.0851. The largest absolute Gasteiger partial charge is 0.463 e. The molecule has 0 aliphatic heterocycles. The van der Waals surface area contributed by atoms with E-state index in [4.69, 9.17) is 4.42 Å². The van der Waals surface area contributed by atoms with Gasteiger partial charge in [-0.15, -0.1) is 10.2 Å². The van der Waals surface area contributed by atoms with Crippen LogP contribution in [0.3, 0.4) is 0 Å². The highest BCUT2D eigenvalue weighted by Gasteiger charge is 2.08. The normalized spacial score (nSPS) is 10.6. The van der Waals surface area contributed by atoms with Gasteiger partial charge in [-0.2, -0.15) is 0 Å². The highest BCUT2D eigenvalue weighted by atomic mass is 32.2. The first-order valence-electron chi connectivity index (χ1n) is 6.82. The first-order valence-corrected chi connectivity index (χ1v) is 7.81. The van der Waals surface area contributed by atoms with E-state index in [1.54, 1.807) is 12.3 Å². The van der Waals surface area contributed by atoms with E-state index in [-0.39, 0.29) is 5.78 Å². The molecule has 0 aliphatic rings. The second-order valence-corrected chi connectivity index (χ2v) is 5.81. The predicted octanol–water partition coefficient (Wildman–Crippen LogP) is 4.02. The first-order chi connectivity index (χ1) is 10.7. The van der Waals surface area contributed by atoms with Crippen LogP contribution in [0.25, 0.3) is 11.5 Å². The van der Waals surface area contributed by atoms with Gasteiger partial charge in [-0.1, -0.05) is 41.6 Å². The Bertz CT molecular complexity index is 750. The third-order valence-corrected chi connectivity index (χ3v) is 4.06. The molecule has 0 atom stereocenters. The molecule has 22 heavy (non-hydrogen) atoms. The zero-order valence-electron chi connectivity index (χ0n) is 12.0. The van der Waals surface area contributed by atoms with E-state index in [1.165, 1.54) is 11.8 Å². The molecular weight excluding hydrogens is 296 g/mol. The Hall–Kier alpha value is -2.40. The molecule has 0 radical (unpaired) electrons. The fourth-order valence-electron chi connectivity index (χ4n) is 1.92. The lowest BCUT2D eigenvalue weighted by atomic mass is 10.1. The predicted molar refractivity (Wildman–Crippen MR) is 86.0 cm³/mol. The maximum atomic E-state index is 12.1. The lowest BCUT2D eigenvalue weighted by Crippen LogP contribution is -2.02. The third-order valence-electron chi connectivity index (χ3n) is 3.14. The Morgan fingerprint density at radius 3 is 2.55 bits per heavy atom. The molecule has 5 heteroatoms. The molecule has 1 aromatic carbocycles. The van der Waals surface area contributed by atoms with Gasteiger partial charge in [0.2, 0.25) is 0 Å². The molecule has 0 saturated heterocycles. The Morgan fingerprint density at radius 1 is 1.09 bits per heavy atom. The summed E-state index contributed by atoms with van der Waals surface area (Å²) < 4.78 is 5.26. The number of Topliss-reactive ketones (excluding diaryl/α,β-unsaturated/α-hetero) is 1. The molecule has 3 rings (SSSR count). The molecule has 0 unspecified atom stereocenters. The Morgan fingerprint density at radius 2 is 1.91 bits per heavy atom. The molecule has 2 heterocycles. The fraction of sp³-hybridized carbons (Fsp3) is 0.118. The summed E-state index contributed by atoms with van der Waals surface area (Å²) in [4.78, 5) is 12.1. The van der Waals surface area contributed by atoms with Crippen LogP contribution in [0.15, 0.2) is 64.2 Å². The number of benzene rings is 1. The van der Waals surface area contributed by atoms with E-state index in [2.05, 4.69) is 10.2 Å². The summed E-state index contributed by atoms with van der Waals surface area (Å²) in [5.41, 5.74) is 2.54. The quantitative estimate of drug-likeness (QED) is 0.526. The molecule has 110 valence electrons. The molecule has 0 bridgehead atoms. The van der Waals surface area contributed by atoms with Crippen molar-refractivity contribution in [1.82, 2.24) is 10.2 Å². The van der Waals surface area contributed by atoms with Crippen LogP contribution in [0, 0.1) is 6.92 Å². The van der Waals surface area contributed by atoms with Crippen molar-refractivity contribution in [2.45, 2.75) is 11.9 Å². The fourth-order valence-corrected chi connectivity index (χ4v) is 2.62. The summed E-state index contributed by atoms with van der Waals surface area (Å²) in [6.07, 6.45) is 1.60. The van der Waals surface area contributed by atoms with E-state index < -0.39 is 0 Å². The van der Waals surface area contributed by atoms with Crippen molar-refractivity contribution in [2.24, 2.45) is 0 Å². The van der Waals surface area contributed by atoms with Crippen LogP contribution < -0.4 is 0 Å². The van der Waals surface area contributed by atoms with Crippen molar-refractivity contribution >= 4 is 17.5 Å². The Labute approximate surface area is 132 Å². The summed E-state index contributed by atoms with van der Waals surface area (Å²) in [5, 5.41) is 8.94. The van der Waals surface area contributed by atoms with E-state index in [9.17, 15) is 4.79 Å². The molecule has 0 N–H and O–H groups in total. The van der Waals surface area contributed by atoms with Crippen LogP contribution >= 0.6 is 11.8 Å². The van der Waals surface area contributed by atoms with Crippen molar-refractivity contribution < 1.29 is 9.21 Å². The van der Waals surface area contributed by atoms with Gasteiger partial charge in [0, 0.05) is 5.56 Å². The smallest absolute Gasteiger partial charge is 0.173 e.